The van der Waals surface area contributed by atoms with Gasteiger partial charge in [-0.05, 0) is 42.2 Å². The van der Waals surface area contributed by atoms with Crippen molar-refractivity contribution >= 4 is 21.6 Å². The number of para-hydroxylation sites is 1. The molecule has 19 heavy (non-hydrogen) atoms. The molecule has 2 rings (SSSR count). The van der Waals surface area contributed by atoms with Crippen LogP contribution in [-0.4, -0.2) is 0 Å². The van der Waals surface area contributed by atoms with Gasteiger partial charge >= 0.3 is 0 Å². The monoisotopic (exact) mass is 317 g/mol. The lowest BCUT2D eigenvalue weighted by atomic mass is 10.0. The highest BCUT2D eigenvalue weighted by molar-refractivity contribution is 9.10. The van der Waals surface area contributed by atoms with Crippen LogP contribution in [0.15, 0.2) is 53.0 Å². The quantitative estimate of drug-likeness (QED) is 0.759. The van der Waals surface area contributed by atoms with E-state index >= 15 is 0 Å². The van der Waals surface area contributed by atoms with Gasteiger partial charge in [0.2, 0.25) is 0 Å². The molecule has 0 aliphatic rings. The van der Waals surface area contributed by atoms with Gasteiger partial charge in [0.25, 0.3) is 0 Å². The first-order valence-electron chi connectivity index (χ1n) is 6.84. The van der Waals surface area contributed by atoms with E-state index < -0.39 is 0 Å². The lowest BCUT2D eigenvalue weighted by molar-refractivity contribution is 0.747. The van der Waals surface area contributed by atoms with Crippen LogP contribution in [0.4, 0.5) is 5.69 Å². The van der Waals surface area contributed by atoms with Crippen LogP contribution >= 0.6 is 15.9 Å². The van der Waals surface area contributed by atoms with Crippen LogP contribution in [0.1, 0.15) is 37.4 Å². The highest BCUT2D eigenvalue weighted by Gasteiger charge is 2.10. The minimum atomic E-state index is 0.352. The molecule has 0 bridgehead atoms. The van der Waals surface area contributed by atoms with E-state index in [0.29, 0.717) is 6.04 Å². The third kappa shape index (κ3) is 3.60. The largest absolute Gasteiger partial charge is 0.378 e. The van der Waals surface area contributed by atoms with Crippen LogP contribution in [-0.2, 0) is 6.42 Å². The van der Waals surface area contributed by atoms with Gasteiger partial charge in [-0.3, -0.25) is 0 Å². The maximum absolute atomic E-state index is 3.67. The van der Waals surface area contributed by atoms with Crippen LogP contribution in [0.3, 0.4) is 0 Å². The number of halogens is 1. The van der Waals surface area contributed by atoms with Crippen molar-refractivity contribution in [3.8, 4) is 0 Å². The number of aryl methyl sites for hydroxylation is 1. The summed E-state index contributed by atoms with van der Waals surface area (Å²) >= 11 is 3.55. The average Bonchev–Trinajstić information content (AvgIpc) is 2.45. The molecule has 0 heterocycles. The van der Waals surface area contributed by atoms with Gasteiger partial charge in [0.05, 0.1) is 6.04 Å². The third-order valence-electron chi connectivity index (χ3n) is 3.39. The van der Waals surface area contributed by atoms with Crippen LogP contribution in [0, 0.1) is 0 Å². The first-order chi connectivity index (χ1) is 9.24. The molecule has 0 aromatic heterocycles. The van der Waals surface area contributed by atoms with Gasteiger partial charge in [-0.15, -0.1) is 0 Å². The summed E-state index contributed by atoms with van der Waals surface area (Å²) in [4.78, 5) is 0. The predicted octanol–water partition coefficient (Wildman–Crippen LogP) is 5.57. The standard InChI is InChI=1S/C17H20BrN/c1-3-13-8-5-6-11-17(13)19-16(4-2)14-9-7-10-15(18)12-14/h5-12,16,19H,3-4H2,1-2H3. The van der Waals surface area contributed by atoms with Crippen LogP contribution in [0.5, 0.6) is 0 Å². The van der Waals surface area contributed by atoms with E-state index in [4.69, 9.17) is 0 Å². The van der Waals surface area contributed by atoms with Crippen molar-refractivity contribution in [1.82, 2.24) is 0 Å². The predicted molar refractivity (Wildman–Crippen MR) is 86.6 cm³/mol. The second kappa shape index (κ2) is 6.76. The van der Waals surface area contributed by atoms with E-state index in [1.54, 1.807) is 0 Å². The zero-order valence-electron chi connectivity index (χ0n) is 11.5. The van der Waals surface area contributed by atoms with Gasteiger partial charge in [-0.1, -0.05) is 60.1 Å². The molecule has 2 heteroatoms. The summed E-state index contributed by atoms with van der Waals surface area (Å²) in [6, 6.07) is 17.4. The van der Waals surface area contributed by atoms with Crippen molar-refractivity contribution in [3.63, 3.8) is 0 Å². The Morgan fingerprint density at radius 2 is 1.84 bits per heavy atom. The summed E-state index contributed by atoms with van der Waals surface area (Å²) in [5, 5.41) is 3.67. The fourth-order valence-electron chi connectivity index (χ4n) is 2.30. The van der Waals surface area contributed by atoms with E-state index in [1.807, 2.05) is 0 Å². The molecule has 100 valence electrons. The minimum Gasteiger partial charge on any atom is -0.378 e. The molecule has 0 saturated heterocycles. The summed E-state index contributed by atoms with van der Waals surface area (Å²) in [7, 11) is 0. The zero-order valence-corrected chi connectivity index (χ0v) is 13.1. The van der Waals surface area contributed by atoms with Crippen LogP contribution < -0.4 is 5.32 Å². The highest BCUT2D eigenvalue weighted by Crippen LogP contribution is 2.26. The zero-order chi connectivity index (χ0) is 13.7. The van der Waals surface area contributed by atoms with Crippen LogP contribution in [0.25, 0.3) is 0 Å². The van der Waals surface area contributed by atoms with Crippen molar-refractivity contribution in [2.75, 3.05) is 5.32 Å². The van der Waals surface area contributed by atoms with E-state index in [9.17, 15) is 0 Å². The Hall–Kier alpha value is -1.28. The van der Waals surface area contributed by atoms with Crippen molar-refractivity contribution in [2.24, 2.45) is 0 Å². The first kappa shape index (κ1) is 14.1. The number of nitrogens with one attached hydrogen (secondary N) is 1. The molecule has 1 unspecified atom stereocenters. The third-order valence-corrected chi connectivity index (χ3v) is 3.88. The molecule has 0 aliphatic carbocycles. The van der Waals surface area contributed by atoms with E-state index in [-0.39, 0.29) is 0 Å². The summed E-state index contributed by atoms with van der Waals surface area (Å²) in [5.74, 6) is 0. The normalized spacial score (nSPS) is 12.2. The topological polar surface area (TPSA) is 12.0 Å². The van der Waals surface area contributed by atoms with Gasteiger partial charge in [-0.25, -0.2) is 0 Å². The van der Waals surface area contributed by atoms with Gasteiger partial charge in [0, 0.05) is 10.2 Å². The van der Waals surface area contributed by atoms with Gasteiger partial charge in [0.1, 0.15) is 0 Å². The van der Waals surface area contributed by atoms with Gasteiger partial charge in [0.15, 0.2) is 0 Å². The van der Waals surface area contributed by atoms with E-state index in [1.165, 1.54) is 16.8 Å². The second-order valence-electron chi connectivity index (χ2n) is 4.67. The van der Waals surface area contributed by atoms with Crippen molar-refractivity contribution in [3.05, 3.63) is 64.1 Å². The van der Waals surface area contributed by atoms with E-state index in [0.717, 1.165) is 17.3 Å². The molecule has 1 atom stereocenters. The minimum absolute atomic E-state index is 0.352. The number of hydrogen-bond donors (Lipinski definition) is 1. The summed E-state index contributed by atoms with van der Waals surface area (Å²) in [6.07, 6.45) is 2.12. The molecular weight excluding hydrogens is 298 g/mol. The smallest absolute Gasteiger partial charge is 0.0511 e. The number of rotatable bonds is 5. The maximum Gasteiger partial charge on any atom is 0.0511 e. The molecule has 2 aromatic rings. The molecule has 0 saturated carbocycles. The molecule has 0 aliphatic heterocycles. The SMILES string of the molecule is CCc1ccccc1NC(CC)c1cccc(Br)c1. The lowest BCUT2D eigenvalue weighted by Gasteiger charge is -2.21. The van der Waals surface area contributed by atoms with Crippen LogP contribution in [0.2, 0.25) is 0 Å². The number of benzene rings is 2. The Morgan fingerprint density at radius 3 is 2.53 bits per heavy atom. The molecule has 0 radical (unpaired) electrons. The van der Waals surface area contributed by atoms with Crippen molar-refractivity contribution in [2.45, 2.75) is 32.7 Å². The molecule has 0 fully saturated rings. The maximum atomic E-state index is 3.67. The Morgan fingerprint density at radius 1 is 1.05 bits per heavy atom. The highest BCUT2D eigenvalue weighted by atomic mass is 79.9. The van der Waals surface area contributed by atoms with Gasteiger partial charge in [-0.2, -0.15) is 0 Å². The molecule has 2 aromatic carbocycles. The van der Waals surface area contributed by atoms with Gasteiger partial charge < -0.3 is 5.32 Å². The molecule has 0 spiro atoms. The fourth-order valence-corrected chi connectivity index (χ4v) is 2.72. The molecule has 0 amide bonds. The molecular formula is C17H20BrN. The fraction of sp³-hybridized carbons (Fsp3) is 0.294. The Balaban J connectivity index is 2.24. The first-order valence-corrected chi connectivity index (χ1v) is 7.63. The van der Waals surface area contributed by atoms with Crippen molar-refractivity contribution in [1.29, 1.82) is 0 Å². The Labute approximate surface area is 124 Å². The molecule has 1 N–H and O–H groups in total. The Kier molecular flexibility index (Phi) is 5.03. The summed E-state index contributed by atoms with van der Waals surface area (Å²) in [5.41, 5.74) is 3.94. The number of anilines is 1. The average molecular weight is 318 g/mol. The second-order valence-corrected chi connectivity index (χ2v) is 5.59. The Bertz CT molecular complexity index is 536. The van der Waals surface area contributed by atoms with E-state index in [2.05, 4.69) is 83.6 Å². The summed E-state index contributed by atoms with van der Waals surface area (Å²) < 4.78 is 1.13. The lowest BCUT2D eigenvalue weighted by Crippen LogP contribution is -2.11. The number of hydrogen-bond acceptors (Lipinski definition) is 1. The van der Waals surface area contributed by atoms with Crippen molar-refractivity contribution < 1.29 is 0 Å². The summed E-state index contributed by atoms with van der Waals surface area (Å²) in [6.45, 7) is 4.41. The molecule has 1 nitrogen and oxygen atoms in total.